The van der Waals surface area contributed by atoms with E-state index in [1.165, 1.54) is 5.56 Å². The molecule has 1 atom stereocenters. The normalized spacial score (nSPS) is 19.4. The van der Waals surface area contributed by atoms with E-state index < -0.39 is 0 Å². The molecule has 3 heteroatoms. The molecule has 3 nitrogen and oxygen atoms in total. The number of amides is 1. The van der Waals surface area contributed by atoms with E-state index in [2.05, 4.69) is 26.0 Å². The fourth-order valence-electron chi connectivity index (χ4n) is 2.73. The molecule has 1 aliphatic heterocycles. The number of hydrogen-bond acceptors (Lipinski definition) is 2. The second-order valence-corrected chi connectivity index (χ2v) is 6.30. The summed E-state index contributed by atoms with van der Waals surface area (Å²) in [5.74, 6) is 0.133. The zero-order valence-corrected chi connectivity index (χ0v) is 11.9. The summed E-state index contributed by atoms with van der Waals surface area (Å²) < 4.78 is 0. The number of rotatable bonds is 4. The number of carbonyl (C=O) groups excluding carboxylic acids is 1. The molecule has 0 aromatic heterocycles. The molecule has 0 radical (unpaired) electrons. The van der Waals surface area contributed by atoms with Crippen molar-refractivity contribution in [1.82, 2.24) is 4.90 Å². The van der Waals surface area contributed by atoms with Gasteiger partial charge in [-0.3, -0.25) is 4.79 Å². The van der Waals surface area contributed by atoms with Crippen LogP contribution in [0, 0.1) is 11.3 Å². The van der Waals surface area contributed by atoms with Gasteiger partial charge in [0.15, 0.2) is 0 Å². The van der Waals surface area contributed by atoms with Crippen molar-refractivity contribution in [2.75, 3.05) is 19.6 Å². The highest BCUT2D eigenvalue weighted by Gasteiger charge is 2.34. The molecule has 1 heterocycles. The van der Waals surface area contributed by atoms with Crippen LogP contribution in [0.15, 0.2) is 30.3 Å². The van der Waals surface area contributed by atoms with Gasteiger partial charge in [-0.25, -0.2) is 0 Å². The second kappa shape index (κ2) is 5.74. The first-order chi connectivity index (χ1) is 9.02. The largest absolute Gasteiger partial charge is 0.342 e. The number of nitrogens with zero attached hydrogens (tertiary/aromatic N) is 1. The van der Waals surface area contributed by atoms with Gasteiger partial charge in [-0.2, -0.15) is 0 Å². The van der Waals surface area contributed by atoms with E-state index in [9.17, 15) is 4.79 Å². The van der Waals surface area contributed by atoms with Gasteiger partial charge < -0.3 is 10.6 Å². The standard InChI is InChI=1S/C16H24N2O/c1-16(2)8-9-18(12-16)15(19)14(11-17)10-13-6-4-3-5-7-13/h3-7,14H,8-12,17H2,1-2H3. The minimum Gasteiger partial charge on any atom is -0.342 e. The van der Waals surface area contributed by atoms with Crippen molar-refractivity contribution < 1.29 is 4.79 Å². The van der Waals surface area contributed by atoms with Gasteiger partial charge in [-0.15, -0.1) is 0 Å². The Bertz CT molecular complexity index is 428. The van der Waals surface area contributed by atoms with Gasteiger partial charge in [-0.1, -0.05) is 44.2 Å². The lowest BCUT2D eigenvalue weighted by molar-refractivity contribution is -0.134. The van der Waals surface area contributed by atoms with Crippen molar-refractivity contribution in [3.05, 3.63) is 35.9 Å². The van der Waals surface area contributed by atoms with E-state index in [1.54, 1.807) is 0 Å². The number of likely N-dealkylation sites (tertiary alicyclic amines) is 1. The number of hydrogen-bond donors (Lipinski definition) is 1. The molecule has 0 spiro atoms. The van der Waals surface area contributed by atoms with E-state index in [1.807, 2.05) is 23.1 Å². The first kappa shape index (κ1) is 14.1. The van der Waals surface area contributed by atoms with Gasteiger partial charge in [0, 0.05) is 19.6 Å². The van der Waals surface area contributed by atoms with Crippen LogP contribution in [-0.4, -0.2) is 30.4 Å². The fraction of sp³-hybridized carbons (Fsp3) is 0.562. The maximum Gasteiger partial charge on any atom is 0.227 e. The lowest BCUT2D eigenvalue weighted by atomic mass is 9.93. The van der Waals surface area contributed by atoms with E-state index in [0.29, 0.717) is 6.54 Å². The Hall–Kier alpha value is -1.35. The molecule has 1 aromatic carbocycles. The number of nitrogens with two attached hydrogens (primary N) is 1. The second-order valence-electron chi connectivity index (χ2n) is 6.30. The molecule has 0 aliphatic carbocycles. The summed E-state index contributed by atoms with van der Waals surface area (Å²) in [6.07, 6.45) is 1.83. The molecule has 1 aliphatic rings. The Morgan fingerprint density at radius 1 is 1.37 bits per heavy atom. The molecule has 1 unspecified atom stereocenters. The third-order valence-electron chi connectivity index (χ3n) is 3.95. The summed E-state index contributed by atoms with van der Waals surface area (Å²) in [7, 11) is 0. The summed E-state index contributed by atoms with van der Waals surface area (Å²) in [4.78, 5) is 14.5. The van der Waals surface area contributed by atoms with Crippen LogP contribution in [0.1, 0.15) is 25.8 Å². The maximum absolute atomic E-state index is 12.5. The minimum absolute atomic E-state index is 0.0868. The molecule has 2 rings (SSSR count). The predicted molar refractivity (Wildman–Crippen MR) is 77.7 cm³/mol. The predicted octanol–water partition coefficient (Wildman–Crippen LogP) is 2.06. The van der Waals surface area contributed by atoms with Crippen LogP contribution in [0.3, 0.4) is 0 Å². The van der Waals surface area contributed by atoms with Crippen molar-refractivity contribution in [2.24, 2.45) is 17.1 Å². The molecule has 19 heavy (non-hydrogen) atoms. The van der Waals surface area contributed by atoms with E-state index >= 15 is 0 Å². The molecule has 2 N–H and O–H groups in total. The summed E-state index contributed by atoms with van der Waals surface area (Å²) in [5.41, 5.74) is 7.25. The fourth-order valence-corrected chi connectivity index (χ4v) is 2.73. The highest BCUT2D eigenvalue weighted by molar-refractivity contribution is 5.79. The molecule has 0 bridgehead atoms. The van der Waals surface area contributed by atoms with Crippen LogP contribution in [-0.2, 0) is 11.2 Å². The van der Waals surface area contributed by atoms with E-state index in [-0.39, 0.29) is 17.2 Å². The molecule has 104 valence electrons. The smallest absolute Gasteiger partial charge is 0.227 e. The average Bonchev–Trinajstić information content (AvgIpc) is 2.77. The van der Waals surface area contributed by atoms with Gasteiger partial charge in [0.1, 0.15) is 0 Å². The van der Waals surface area contributed by atoms with E-state index in [4.69, 9.17) is 5.73 Å². The lowest BCUT2D eigenvalue weighted by Crippen LogP contribution is -2.39. The van der Waals surface area contributed by atoms with Gasteiger partial charge in [-0.05, 0) is 23.8 Å². The van der Waals surface area contributed by atoms with Crippen LogP contribution < -0.4 is 5.73 Å². The Kier molecular flexibility index (Phi) is 4.25. The summed E-state index contributed by atoms with van der Waals surface area (Å²) in [6, 6.07) is 10.1. The van der Waals surface area contributed by atoms with Crippen LogP contribution in [0.5, 0.6) is 0 Å². The van der Waals surface area contributed by atoms with Crippen LogP contribution >= 0.6 is 0 Å². The van der Waals surface area contributed by atoms with Crippen LogP contribution in [0.25, 0.3) is 0 Å². The lowest BCUT2D eigenvalue weighted by Gasteiger charge is -2.24. The first-order valence-corrected chi connectivity index (χ1v) is 7.04. The number of carbonyl (C=O) groups is 1. The molecular formula is C16H24N2O. The first-order valence-electron chi connectivity index (χ1n) is 7.04. The molecule has 1 aromatic rings. The minimum atomic E-state index is -0.0868. The van der Waals surface area contributed by atoms with Crippen molar-refractivity contribution in [3.63, 3.8) is 0 Å². The zero-order chi connectivity index (χ0) is 13.9. The van der Waals surface area contributed by atoms with Gasteiger partial charge in [0.25, 0.3) is 0 Å². The van der Waals surface area contributed by atoms with Gasteiger partial charge in [0.05, 0.1) is 5.92 Å². The molecule has 1 amide bonds. The average molecular weight is 260 g/mol. The van der Waals surface area contributed by atoms with Crippen LogP contribution in [0.4, 0.5) is 0 Å². The zero-order valence-electron chi connectivity index (χ0n) is 11.9. The Morgan fingerprint density at radius 2 is 2.05 bits per heavy atom. The van der Waals surface area contributed by atoms with Crippen molar-refractivity contribution in [2.45, 2.75) is 26.7 Å². The Balaban J connectivity index is 2.00. The van der Waals surface area contributed by atoms with Crippen molar-refractivity contribution in [1.29, 1.82) is 0 Å². The van der Waals surface area contributed by atoms with Gasteiger partial charge >= 0.3 is 0 Å². The topological polar surface area (TPSA) is 46.3 Å². The van der Waals surface area contributed by atoms with E-state index in [0.717, 1.165) is 25.9 Å². The van der Waals surface area contributed by atoms with Crippen molar-refractivity contribution >= 4 is 5.91 Å². The summed E-state index contributed by atoms with van der Waals surface area (Å²) in [5, 5.41) is 0. The quantitative estimate of drug-likeness (QED) is 0.900. The Labute approximate surface area is 115 Å². The molecule has 0 saturated carbocycles. The molecular weight excluding hydrogens is 236 g/mol. The highest BCUT2D eigenvalue weighted by atomic mass is 16.2. The Morgan fingerprint density at radius 3 is 2.58 bits per heavy atom. The number of benzene rings is 1. The summed E-state index contributed by atoms with van der Waals surface area (Å²) in [6.45, 7) is 6.59. The van der Waals surface area contributed by atoms with Crippen molar-refractivity contribution in [3.8, 4) is 0 Å². The molecule has 1 saturated heterocycles. The SMILES string of the molecule is CC1(C)CCN(C(=O)C(CN)Cc2ccccc2)C1. The van der Waals surface area contributed by atoms with Crippen LogP contribution in [0.2, 0.25) is 0 Å². The third kappa shape index (κ3) is 3.57. The third-order valence-corrected chi connectivity index (χ3v) is 3.95. The monoisotopic (exact) mass is 260 g/mol. The highest BCUT2D eigenvalue weighted by Crippen LogP contribution is 2.29. The maximum atomic E-state index is 12.5. The van der Waals surface area contributed by atoms with Gasteiger partial charge in [0.2, 0.25) is 5.91 Å². The molecule has 1 fully saturated rings. The summed E-state index contributed by atoms with van der Waals surface area (Å²) >= 11 is 0.